The Labute approximate surface area is 155 Å². The average Bonchev–Trinajstić information content (AvgIpc) is 3.15. The number of aromatic nitrogens is 3. The van der Waals surface area contributed by atoms with E-state index < -0.39 is 0 Å². The van der Waals surface area contributed by atoms with Crippen molar-refractivity contribution in [2.75, 3.05) is 6.26 Å². The van der Waals surface area contributed by atoms with Gasteiger partial charge in [0, 0.05) is 34.6 Å². The van der Waals surface area contributed by atoms with Gasteiger partial charge in [0.2, 0.25) is 0 Å². The highest BCUT2D eigenvalue weighted by atomic mass is 32.2. The van der Waals surface area contributed by atoms with E-state index in [0.717, 1.165) is 28.3 Å². The molecule has 0 unspecified atom stereocenters. The van der Waals surface area contributed by atoms with E-state index >= 15 is 0 Å². The second kappa shape index (κ2) is 7.14. The summed E-state index contributed by atoms with van der Waals surface area (Å²) in [6.07, 6.45) is 7.55. The van der Waals surface area contributed by atoms with Gasteiger partial charge in [-0.25, -0.2) is 9.37 Å². The van der Waals surface area contributed by atoms with Crippen molar-refractivity contribution in [2.45, 2.75) is 4.90 Å². The van der Waals surface area contributed by atoms with Gasteiger partial charge in [-0.05, 0) is 54.8 Å². The van der Waals surface area contributed by atoms with Gasteiger partial charge >= 0.3 is 0 Å². The van der Waals surface area contributed by atoms with E-state index in [1.165, 1.54) is 17.0 Å². The second-order valence-corrected chi connectivity index (χ2v) is 6.64. The molecule has 5 heteroatoms. The average molecular weight is 361 g/mol. The van der Waals surface area contributed by atoms with Crippen LogP contribution in [0.1, 0.15) is 0 Å². The first-order valence-corrected chi connectivity index (χ1v) is 9.37. The lowest BCUT2D eigenvalue weighted by Crippen LogP contribution is -1.96. The molecule has 4 aromatic rings. The summed E-state index contributed by atoms with van der Waals surface area (Å²) >= 11 is 1.71. The van der Waals surface area contributed by atoms with E-state index in [9.17, 15) is 4.39 Å². The minimum Gasteiger partial charge on any atom is -0.299 e. The summed E-state index contributed by atoms with van der Waals surface area (Å²) in [5, 5.41) is 0. The van der Waals surface area contributed by atoms with Crippen molar-refractivity contribution in [2.24, 2.45) is 0 Å². The van der Waals surface area contributed by atoms with E-state index in [4.69, 9.17) is 4.98 Å². The molecule has 0 aliphatic heterocycles. The molecule has 0 spiro atoms. The molecular formula is C21H16FN3S. The summed E-state index contributed by atoms with van der Waals surface area (Å²) in [6, 6.07) is 18.6. The number of nitrogens with zero attached hydrogens (tertiary/aromatic N) is 3. The third kappa shape index (κ3) is 3.26. The molecule has 0 atom stereocenters. The number of benzene rings is 2. The van der Waals surface area contributed by atoms with Gasteiger partial charge in [-0.2, -0.15) is 0 Å². The topological polar surface area (TPSA) is 30.7 Å². The van der Waals surface area contributed by atoms with E-state index in [1.807, 2.05) is 22.9 Å². The van der Waals surface area contributed by atoms with Crippen molar-refractivity contribution in [3.05, 3.63) is 85.1 Å². The van der Waals surface area contributed by atoms with Gasteiger partial charge in [0.15, 0.2) is 0 Å². The summed E-state index contributed by atoms with van der Waals surface area (Å²) < 4.78 is 15.3. The van der Waals surface area contributed by atoms with Crippen molar-refractivity contribution in [1.29, 1.82) is 0 Å². The van der Waals surface area contributed by atoms with Crippen molar-refractivity contribution >= 4 is 11.8 Å². The third-order valence-electron chi connectivity index (χ3n) is 4.14. The summed E-state index contributed by atoms with van der Waals surface area (Å²) in [6.45, 7) is 0. The second-order valence-electron chi connectivity index (χ2n) is 5.76. The molecule has 0 saturated heterocycles. The SMILES string of the molecule is CSc1ccc(-c2cn(-c3ccncc3)c(-c3ccc(F)cc3)n2)cc1. The Hall–Kier alpha value is -2.92. The highest BCUT2D eigenvalue weighted by Crippen LogP contribution is 2.29. The van der Waals surface area contributed by atoms with Gasteiger partial charge in [-0.1, -0.05) is 12.1 Å². The van der Waals surface area contributed by atoms with Crippen LogP contribution >= 0.6 is 11.8 Å². The molecule has 0 aliphatic rings. The van der Waals surface area contributed by atoms with Crippen LogP contribution in [0.2, 0.25) is 0 Å². The lowest BCUT2D eigenvalue weighted by atomic mass is 10.2. The van der Waals surface area contributed by atoms with Gasteiger partial charge in [-0.15, -0.1) is 11.8 Å². The largest absolute Gasteiger partial charge is 0.299 e. The monoisotopic (exact) mass is 361 g/mol. The quantitative estimate of drug-likeness (QED) is 0.452. The summed E-state index contributed by atoms with van der Waals surface area (Å²) in [5.74, 6) is 0.504. The van der Waals surface area contributed by atoms with Crippen LogP contribution in [-0.2, 0) is 0 Å². The Bertz CT molecular complexity index is 1010. The van der Waals surface area contributed by atoms with Crippen LogP contribution in [0.25, 0.3) is 28.3 Å². The van der Waals surface area contributed by atoms with Crippen LogP contribution in [0.15, 0.2) is 84.1 Å². The lowest BCUT2D eigenvalue weighted by Gasteiger charge is -2.07. The van der Waals surface area contributed by atoms with E-state index in [2.05, 4.69) is 35.5 Å². The molecule has 0 saturated carbocycles. The molecule has 2 aromatic carbocycles. The normalized spacial score (nSPS) is 10.8. The van der Waals surface area contributed by atoms with Crippen molar-refractivity contribution < 1.29 is 4.39 Å². The molecule has 0 fully saturated rings. The molecular weight excluding hydrogens is 345 g/mol. The predicted octanol–water partition coefficient (Wildman–Crippen LogP) is 5.46. The molecule has 0 aliphatic carbocycles. The first-order valence-electron chi connectivity index (χ1n) is 8.15. The van der Waals surface area contributed by atoms with Gasteiger partial charge in [0.1, 0.15) is 11.6 Å². The molecule has 128 valence electrons. The molecule has 2 aromatic heterocycles. The van der Waals surface area contributed by atoms with Crippen LogP contribution in [0.5, 0.6) is 0 Å². The molecule has 2 heterocycles. The van der Waals surface area contributed by atoms with Crippen LogP contribution in [0, 0.1) is 5.82 Å². The summed E-state index contributed by atoms with van der Waals surface area (Å²) in [4.78, 5) is 10.1. The maximum absolute atomic E-state index is 13.3. The van der Waals surface area contributed by atoms with Crippen LogP contribution < -0.4 is 0 Å². The van der Waals surface area contributed by atoms with E-state index in [-0.39, 0.29) is 5.82 Å². The smallest absolute Gasteiger partial charge is 0.145 e. The molecule has 26 heavy (non-hydrogen) atoms. The number of rotatable bonds is 4. The number of imidazole rings is 1. The zero-order valence-corrected chi connectivity index (χ0v) is 14.9. The van der Waals surface area contributed by atoms with Crippen LogP contribution in [0.4, 0.5) is 4.39 Å². The number of hydrogen-bond acceptors (Lipinski definition) is 3. The van der Waals surface area contributed by atoms with Crippen molar-refractivity contribution in [1.82, 2.24) is 14.5 Å². The minimum atomic E-state index is -0.261. The highest BCUT2D eigenvalue weighted by Gasteiger charge is 2.13. The molecule has 0 bridgehead atoms. The van der Waals surface area contributed by atoms with Crippen LogP contribution in [0.3, 0.4) is 0 Å². The maximum Gasteiger partial charge on any atom is 0.145 e. The Balaban J connectivity index is 1.85. The van der Waals surface area contributed by atoms with E-state index in [1.54, 1.807) is 36.3 Å². The molecule has 4 rings (SSSR count). The number of thioether (sulfide) groups is 1. The summed E-state index contributed by atoms with van der Waals surface area (Å²) in [5.41, 5.74) is 3.72. The Morgan fingerprint density at radius 3 is 2.15 bits per heavy atom. The Morgan fingerprint density at radius 1 is 0.846 bits per heavy atom. The fourth-order valence-electron chi connectivity index (χ4n) is 2.79. The standard InChI is InChI=1S/C21H16FN3S/c1-26-19-8-4-15(5-9-19)20-14-25(18-10-12-23-13-11-18)21(24-20)16-2-6-17(22)7-3-16/h2-14H,1H3. The minimum absolute atomic E-state index is 0.261. The molecule has 0 N–H and O–H groups in total. The van der Waals surface area contributed by atoms with Gasteiger partial charge in [-0.3, -0.25) is 9.55 Å². The Kier molecular flexibility index (Phi) is 4.54. The fraction of sp³-hybridized carbons (Fsp3) is 0.0476. The third-order valence-corrected chi connectivity index (χ3v) is 4.88. The number of hydrogen-bond donors (Lipinski definition) is 0. The van der Waals surface area contributed by atoms with Crippen molar-refractivity contribution in [3.63, 3.8) is 0 Å². The van der Waals surface area contributed by atoms with Crippen molar-refractivity contribution in [3.8, 4) is 28.3 Å². The number of halogens is 1. The fourth-order valence-corrected chi connectivity index (χ4v) is 3.19. The highest BCUT2D eigenvalue weighted by molar-refractivity contribution is 7.98. The van der Waals surface area contributed by atoms with E-state index in [0.29, 0.717) is 0 Å². The maximum atomic E-state index is 13.3. The zero-order chi connectivity index (χ0) is 17.9. The lowest BCUT2D eigenvalue weighted by molar-refractivity contribution is 0.628. The number of pyridine rings is 1. The van der Waals surface area contributed by atoms with Gasteiger partial charge < -0.3 is 0 Å². The van der Waals surface area contributed by atoms with Crippen LogP contribution in [-0.4, -0.2) is 20.8 Å². The zero-order valence-electron chi connectivity index (χ0n) is 14.1. The van der Waals surface area contributed by atoms with Gasteiger partial charge in [0.25, 0.3) is 0 Å². The molecule has 3 nitrogen and oxygen atoms in total. The van der Waals surface area contributed by atoms with Gasteiger partial charge in [0.05, 0.1) is 11.4 Å². The Morgan fingerprint density at radius 2 is 1.50 bits per heavy atom. The first-order chi connectivity index (χ1) is 12.7. The molecule has 0 amide bonds. The first kappa shape index (κ1) is 16.5. The molecule has 0 radical (unpaired) electrons. The summed E-state index contributed by atoms with van der Waals surface area (Å²) in [7, 11) is 0. The predicted molar refractivity (Wildman–Crippen MR) is 104 cm³/mol.